The molecule has 0 atom stereocenters. The van der Waals surface area contributed by atoms with Crippen LogP contribution in [0.2, 0.25) is 0 Å². The van der Waals surface area contributed by atoms with Gasteiger partial charge in [-0.25, -0.2) is 0 Å². The Bertz CT molecular complexity index is 617. The van der Waals surface area contributed by atoms with E-state index in [9.17, 15) is 0 Å². The second kappa shape index (κ2) is 10.8. The number of anilines is 2. The van der Waals surface area contributed by atoms with Gasteiger partial charge in [0, 0.05) is 37.0 Å². The number of hydrogen-bond donors (Lipinski definition) is 0. The first-order chi connectivity index (χ1) is 12.1. The highest BCUT2D eigenvalue weighted by Gasteiger charge is 2.09. The van der Waals surface area contributed by atoms with Crippen LogP contribution in [0.25, 0.3) is 0 Å². The molecule has 0 aromatic heterocycles. The third-order valence-corrected chi connectivity index (χ3v) is 6.86. The second-order valence-electron chi connectivity index (χ2n) is 5.37. The van der Waals surface area contributed by atoms with E-state index in [0.717, 1.165) is 37.9 Å². The first-order valence-corrected chi connectivity index (χ1v) is 10.8. The van der Waals surface area contributed by atoms with Crippen molar-refractivity contribution in [3.8, 4) is 0 Å². The molecule has 0 aliphatic rings. The molecule has 0 saturated heterocycles. The van der Waals surface area contributed by atoms with Crippen LogP contribution < -0.4 is 9.80 Å². The summed E-state index contributed by atoms with van der Waals surface area (Å²) in [6.45, 7) is 0. The summed E-state index contributed by atoms with van der Waals surface area (Å²) in [5, 5.41) is 0. The van der Waals surface area contributed by atoms with Crippen molar-refractivity contribution >= 4 is 68.0 Å². The fourth-order valence-corrected chi connectivity index (χ4v) is 4.50. The lowest BCUT2D eigenvalue weighted by Gasteiger charge is -2.20. The van der Waals surface area contributed by atoms with Crippen molar-refractivity contribution in [2.45, 2.75) is 6.42 Å². The van der Waals surface area contributed by atoms with Gasteiger partial charge in [0.15, 0.2) is 0 Å². The molecule has 0 fully saturated rings. The Morgan fingerprint density at radius 2 is 1.08 bits per heavy atom. The highest BCUT2D eigenvalue weighted by molar-refractivity contribution is 8.24. The molecule has 0 aliphatic heterocycles. The number of thioether (sulfide) groups is 2. The molecule has 0 bridgehead atoms. The minimum Gasteiger partial charge on any atom is -0.330 e. The molecule has 0 saturated carbocycles. The van der Waals surface area contributed by atoms with Crippen molar-refractivity contribution in [2.75, 3.05) is 35.4 Å². The standard InChI is InChI=1S/C19H22N2S4/c1-20(16-10-5-3-6-11-16)18(22)24-14-9-15-25-19(23)21(2)17-12-7-4-8-13-17/h3-8,10-13H,9,14-15H2,1-2H3. The minimum atomic E-state index is 0.903. The fraction of sp³-hybridized carbons (Fsp3) is 0.263. The highest BCUT2D eigenvalue weighted by atomic mass is 32.2. The molecule has 0 aliphatic carbocycles. The predicted octanol–water partition coefficient (Wildman–Crippen LogP) is 5.69. The molecule has 132 valence electrons. The van der Waals surface area contributed by atoms with E-state index < -0.39 is 0 Å². The maximum absolute atomic E-state index is 5.51. The lowest BCUT2D eigenvalue weighted by atomic mass is 10.3. The molecule has 0 N–H and O–H groups in total. The van der Waals surface area contributed by atoms with E-state index >= 15 is 0 Å². The van der Waals surface area contributed by atoms with Gasteiger partial charge in [0.1, 0.15) is 8.64 Å². The van der Waals surface area contributed by atoms with Gasteiger partial charge in [-0.1, -0.05) is 84.4 Å². The van der Waals surface area contributed by atoms with Crippen molar-refractivity contribution in [1.29, 1.82) is 0 Å². The molecule has 0 unspecified atom stereocenters. The number of hydrogen-bond acceptors (Lipinski definition) is 4. The summed E-state index contributed by atoms with van der Waals surface area (Å²) in [5.41, 5.74) is 2.25. The van der Waals surface area contributed by atoms with E-state index in [0.29, 0.717) is 0 Å². The molecule has 0 heterocycles. The normalized spacial score (nSPS) is 10.3. The van der Waals surface area contributed by atoms with Gasteiger partial charge < -0.3 is 9.80 Å². The summed E-state index contributed by atoms with van der Waals surface area (Å²) >= 11 is 14.5. The molecule has 0 spiro atoms. The van der Waals surface area contributed by atoms with E-state index in [1.165, 1.54) is 0 Å². The van der Waals surface area contributed by atoms with Crippen molar-refractivity contribution in [2.24, 2.45) is 0 Å². The van der Waals surface area contributed by atoms with Gasteiger partial charge in [0.2, 0.25) is 0 Å². The van der Waals surface area contributed by atoms with Crippen molar-refractivity contribution in [3.63, 3.8) is 0 Å². The number of benzene rings is 2. The summed E-state index contributed by atoms with van der Waals surface area (Å²) in [6, 6.07) is 20.4. The molecule has 2 aromatic carbocycles. The molecule has 2 nitrogen and oxygen atoms in total. The quantitative estimate of drug-likeness (QED) is 0.446. The van der Waals surface area contributed by atoms with Gasteiger partial charge in [-0.2, -0.15) is 0 Å². The molecular weight excluding hydrogens is 384 g/mol. The zero-order valence-corrected chi connectivity index (χ0v) is 17.7. The van der Waals surface area contributed by atoms with Crippen LogP contribution in [0, 0.1) is 0 Å². The summed E-state index contributed by atoms with van der Waals surface area (Å²) in [5.74, 6) is 2.00. The van der Waals surface area contributed by atoms with Crippen LogP contribution in [-0.2, 0) is 0 Å². The number of rotatable bonds is 6. The summed E-state index contributed by atoms with van der Waals surface area (Å²) in [6.07, 6.45) is 1.07. The van der Waals surface area contributed by atoms with Gasteiger partial charge in [-0.05, 0) is 30.7 Å². The second-order valence-corrected chi connectivity index (χ2v) is 8.83. The Kier molecular flexibility index (Phi) is 8.75. The first kappa shape index (κ1) is 20.2. The molecule has 2 rings (SSSR count). The van der Waals surface area contributed by atoms with Crippen molar-refractivity contribution in [1.82, 2.24) is 0 Å². The van der Waals surface area contributed by atoms with Crippen LogP contribution in [0.1, 0.15) is 6.42 Å². The van der Waals surface area contributed by atoms with Crippen LogP contribution in [-0.4, -0.2) is 34.2 Å². The number of nitrogens with zero attached hydrogens (tertiary/aromatic N) is 2. The van der Waals surface area contributed by atoms with Gasteiger partial charge >= 0.3 is 0 Å². The van der Waals surface area contributed by atoms with Gasteiger partial charge in [-0.3, -0.25) is 0 Å². The molecule has 6 heteroatoms. The van der Waals surface area contributed by atoms with E-state index in [-0.39, 0.29) is 0 Å². The summed E-state index contributed by atoms with van der Waals surface area (Å²) in [4.78, 5) is 4.11. The van der Waals surface area contributed by atoms with Crippen LogP contribution >= 0.6 is 48.0 Å². The lowest BCUT2D eigenvalue weighted by molar-refractivity contribution is 1.13. The third kappa shape index (κ3) is 6.62. The predicted molar refractivity (Wildman–Crippen MR) is 124 cm³/mol. The van der Waals surface area contributed by atoms with E-state index in [4.69, 9.17) is 24.4 Å². The number of thiocarbonyl (C=S) groups is 2. The molecular formula is C19H22N2S4. The van der Waals surface area contributed by atoms with E-state index in [2.05, 4.69) is 34.1 Å². The van der Waals surface area contributed by atoms with E-state index in [1.807, 2.05) is 50.5 Å². The minimum absolute atomic E-state index is 0.903. The van der Waals surface area contributed by atoms with Crippen molar-refractivity contribution < 1.29 is 0 Å². The monoisotopic (exact) mass is 406 g/mol. The Morgan fingerprint density at radius 1 is 0.720 bits per heavy atom. The maximum Gasteiger partial charge on any atom is 0.140 e. The maximum atomic E-state index is 5.51. The molecule has 2 aromatic rings. The average Bonchev–Trinajstić information content (AvgIpc) is 2.67. The van der Waals surface area contributed by atoms with Crippen LogP contribution in [0.5, 0.6) is 0 Å². The molecule has 0 radical (unpaired) electrons. The number of para-hydroxylation sites is 2. The topological polar surface area (TPSA) is 6.48 Å². The van der Waals surface area contributed by atoms with Gasteiger partial charge in [0.25, 0.3) is 0 Å². The zero-order valence-electron chi connectivity index (χ0n) is 14.4. The Morgan fingerprint density at radius 3 is 1.44 bits per heavy atom. The average molecular weight is 407 g/mol. The van der Waals surface area contributed by atoms with Crippen molar-refractivity contribution in [3.05, 3.63) is 60.7 Å². The summed E-state index contributed by atoms with van der Waals surface area (Å²) in [7, 11) is 4.03. The Hall–Kier alpha value is -1.08. The zero-order chi connectivity index (χ0) is 18.1. The first-order valence-electron chi connectivity index (χ1n) is 8.00. The fourth-order valence-electron chi connectivity index (χ4n) is 2.09. The Balaban J connectivity index is 1.66. The Labute approximate surface area is 170 Å². The van der Waals surface area contributed by atoms with Crippen LogP contribution in [0.4, 0.5) is 11.4 Å². The molecule has 0 amide bonds. The van der Waals surface area contributed by atoms with Gasteiger partial charge in [-0.15, -0.1) is 0 Å². The van der Waals surface area contributed by atoms with Gasteiger partial charge in [0.05, 0.1) is 0 Å². The summed E-state index contributed by atoms with van der Waals surface area (Å²) < 4.78 is 1.81. The smallest absolute Gasteiger partial charge is 0.140 e. The van der Waals surface area contributed by atoms with Crippen LogP contribution in [0.15, 0.2) is 60.7 Å². The van der Waals surface area contributed by atoms with Crippen LogP contribution in [0.3, 0.4) is 0 Å². The lowest BCUT2D eigenvalue weighted by Crippen LogP contribution is -2.22. The van der Waals surface area contributed by atoms with E-state index in [1.54, 1.807) is 23.5 Å². The highest BCUT2D eigenvalue weighted by Crippen LogP contribution is 2.21. The molecule has 25 heavy (non-hydrogen) atoms. The largest absolute Gasteiger partial charge is 0.330 e. The third-order valence-electron chi connectivity index (χ3n) is 3.57. The SMILES string of the molecule is CN(C(=S)SCCCSC(=S)N(C)c1ccccc1)c1ccccc1.